The molecule has 17 heavy (non-hydrogen) atoms. The van der Waals surface area contributed by atoms with Gasteiger partial charge in [-0.1, -0.05) is 18.5 Å². The second-order valence-corrected chi connectivity index (χ2v) is 5.88. The van der Waals surface area contributed by atoms with Gasteiger partial charge in [0, 0.05) is 0 Å². The molecule has 0 spiro atoms. The molecule has 98 valence electrons. The number of hydrogen-bond acceptors (Lipinski definition) is 4. The van der Waals surface area contributed by atoms with Crippen LogP contribution in [0.5, 0.6) is 0 Å². The monoisotopic (exact) mass is 263 g/mol. The van der Waals surface area contributed by atoms with Gasteiger partial charge < -0.3 is 0 Å². The van der Waals surface area contributed by atoms with Crippen molar-refractivity contribution in [2.45, 2.75) is 39.2 Å². The number of carbonyl (C=O) groups is 1. The van der Waals surface area contributed by atoms with Crippen LogP contribution in [0.2, 0.25) is 0 Å². The fourth-order valence-electron chi connectivity index (χ4n) is 1.97. The maximum absolute atomic E-state index is 11.8. The van der Waals surface area contributed by atoms with E-state index >= 15 is 0 Å². The van der Waals surface area contributed by atoms with Crippen molar-refractivity contribution >= 4 is 14.1 Å². The van der Waals surface area contributed by atoms with Gasteiger partial charge in [-0.2, -0.15) is 0 Å². The number of hydrogen-bond donors (Lipinski definition) is 2. The van der Waals surface area contributed by atoms with E-state index in [9.17, 15) is 9.36 Å². The Morgan fingerprint density at radius 1 is 1.65 bits per heavy atom. The third-order valence-electron chi connectivity index (χ3n) is 2.69. The molecule has 0 aromatic heterocycles. The highest BCUT2D eigenvalue weighted by Crippen LogP contribution is 2.37. The van der Waals surface area contributed by atoms with Crippen LogP contribution in [0.1, 0.15) is 33.1 Å². The fraction of sp³-hybridized carbons (Fsp3) is 0.900. The van der Waals surface area contributed by atoms with E-state index in [0.717, 1.165) is 19.3 Å². The van der Waals surface area contributed by atoms with E-state index in [1.54, 1.807) is 10.2 Å². The van der Waals surface area contributed by atoms with E-state index in [0.29, 0.717) is 12.5 Å². The first-order valence-corrected chi connectivity index (χ1v) is 6.97. The van der Waals surface area contributed by atoms with Gasteiger partial charge >= 0.3 is 8.18 Å². The van der Waals surface area contributed by atoms with Crippen LogP contribution in [0.25, 0.3) is 0 Å². The SMILES string of the molecule is CC(C)CC1CCCO[P+](=O)N1CC(=O)NO. The third kappa shape index (κ3) is 4.68. The fourth-order valence-corrected chi connectivity index (χ4v) is 3.13. The first-order valence-electron chi connectivity index (χ1n) is 5.84. The Balaban J connectivity index is 2.72. The zero-order chi connectivity index (χ0) is 12.8. The molecule has 1 aliphatic heterocycles. The quantitative estimate of drug-likeness (QED) is 0.458. The minimum absolute atomic E-state index is 0.0680. The van der Waals surface area contributed by atoms with Gasteiger partial charge in [-0.3, -0.25) is 10.0 Å². The Kier molecular flexibility index (Phi) is 5.98. The van der Waals surface area contributed by atoms with Crippen LogP contribution in [-0.4, -0.2) is 35.0 Å². The van der Waals surface area contributed by atoms with Crippen LogP contribution in [-0.2, 0) is 13.9 Å². The summed E-state index contributed by atoms with van der Waals surface area (Å²) < 4.78 is 18.5. The molecule has 1 rings (SSSR count). The summed E-state index contributed by atoms with van der Waals surface area (Å²) >= 11 is 0. The molecule has 0 aliphatic carbocycles. The van der Waals surface area contributed by atoms with E-state index < -0.39 is 14.1 Å². The molecule has 7 heteroatoms. The molecule has 2 unspecified atom stereocenters. The summed E-state index contributed by atoms with van der Waals surface area (Å²) in [4.78, 5) is 11.2. The predicted octanol–water partition coefficient (Wildman–Crippen LogP) is 1.68. The largest absolute Gasteiger partial charge is 0.616 e. The number of hydroxylamine groups is 1. The summed E-state index contributed by atoms with van der Waals surface area (Å²) in [5.74, 6) is -0.103. The summed E-state index contributed by atoms with van der Waals surface area (Å²) in [6.07, 6.45) is 2.57. The highest BCUT2D eigenvalue weighted by molar-refractivity contribution is 7.36. The molecule has 0 aromatic rings. The molecule has 0 aromatic carbocycles. The average molecular weight is 263 g/mol. The topological polar surface area (TPSA) is 78.9 Å². The summed E-state index contributed by atoms with van der Waals surface area (Å²) in [6, 6.07) is 0.0680. The van der Waals surface area contributed by atoms with E-state index in [1.807, 2.05) is 0 Å². The maximum atomic E-state index is 11.8. The Labute approximate surface area is 102 Å². The minimum Gasteiger partial charge on any atom is -0.289 e. The van der Waals surface area contributed by atoms with Crippen molar-refractivity contribution in [1.29, 1.82) is 0 Å². The van der Waals surface area contributed by atoms with Crippen molar-refractivity contribution in [3.05, 3.63) is 0 Å². The maximum Gasteiger partial charge on any atom is 0.616 e. The molecule has 0 bridgehead atoms. The molecule has 0 saturated carbocycles. The molecule has 2 atom stereocenters. The van der Waals surface area contributed by atoms with Crippen molar-refractivity contribution < 1.29 is 19.1 Å². The number of nitrogens with zero attached hydrogens (tertiary/aromatic N) is 1. The highest BCUT2D eigenvalue weighted by Gasteiger charge is 2.40. The van der Waals surface area contributed by atoms with Gasteiger partial charge in [0.25, 0.3) is 5.91 Å². The smallest absolute Gasteiger partial charge is 0.289 e. The van der Waals surface area contributed by atoms with Crippen LogP contribution in [0.4, 0.5) is 0 Å². The number of amides is 1. The molecule has 1 saturated heterocycles. The van der Waals surface area contributed by atoms with Gasteiger partial charge in [0.15, 0.2) is 0 Å². The van der Waals surface area contributed by atoms with Crippen molar-refractivity contribution in [1.82, 2.24) is 10.2 Å². The second kappa shape index (κ2) is 7.01. The van der Waals surface area contributed by atoms with Gasteiger partial charge in [-0.15, -0.1) is 4.52 Å². The standard InChI is InChI=1S/C10H19N2O4P/c1-8(2)6-9-4-3-5-16-17(15)12(9)7-10(13)11-14/h8-9H,3-7H2,1-2H3,(H-,11,13,14)/p+1. The molecule has 1 aliphatic rings. The number of nitrogens with one attached hydrogen (secondary N) is 1. The highest BCUT2D eigenvalue weighted by atomic mass is 31.1. The Morgan fingerprint density at radius 3 is 2.94 bits per heavy atom. The second-order valence-electron chi connectivity index (χ2n) is 4.63. The van der Waals surface area contributed by atoms with Gasteiger partial charge in [-0.05, 0) is 29.7 Å². The van der Waals surface area contributed by atoms with E-state index in [-0.39, 0.29) is 12.6 Å². The molecule has 2 N–H and O–H groups in total. The molecule has 1 fully saturated rings. The zero-order valence-corrected chi connectivity index (χ0v) is 11.2. The molecule has 6 nitrogen and oxygen atoms in total. The van der Waals surface area contributed by atoms with Crippen molar-refractivity contribution in [3.63, 3.8) is 0 Å². The molecular weight excluding hydrogens is 243 g/mol. The van der Waals surface area contributed by atoms with Crippen LogP contribution in [0, 0.1) is 5.92 Å². The summed E-state index contributed by atoms with van der Waals surface area (Å²) in [5, 5.41) is 8.53. The Morgan fingerprint density at radius 2 is 2.35 bits per heavy atom. The first-order chi connectivity index (χ1) is 8.04. The first kappa shape index (κ1) is 14.5. The zero-order valence-electron chi connectivity index (χ0n) is 10.3. The van der Waals surface area contributed by atoms with Crippen molar-refractivity contribution in [2.75, 3.05) is 13.2 Å². The Bertz CT molecular complexity index is 285. The lowest BCUT2D eigenvalue weighted by Crippen LogP contribution is -2.38. The van der Waals surface area contributed by atoms with Crippen LogP contribution < -0.4 is 5.48 Å². The third-order valence-corrected chi connectivity index (χ3v) is 3.98. The summed E-state index contributed by atoms with van der Waals surface area (Å²) in [5.41, 5.74) is 1.56. The summed E-state index contributed by atoms with van der Waals surface area (Å²) in [7, 11) is -1.98. The van der Waals surface area contributed by atoms with Gasteiger partial charge in [-0.25, -0.2) is 5.48 Å². The van der Waals surface area contributed by atoms with E-state index in [1.165, 1.54) is 0 Å². The molecule has 1 heterocycles. The lowest BCUT2D eigenvalue weighted by atomic mass is 10.00. The minimum atomic E-state index is -1.98. The van der Waals surface area contributed by atoms with Gasteiger partial charge in [0.05, 0.1) is 6.04 Å². The lowest BCUT2D eigenvalue weighted by Gasteiger charge is -2.20. The van der Waals surface area contributed by atoms with E-state index in [4.69, 9.17) is 9.73 Å². The number of rotatable bonds is 4. The molecule has 0 radical (unpaired) electrons. The van der Waals surface area contributed by atoms with Gasteiger partial charge in [0.2, 0.25) is 0 Å². The van der Waals surface area contributed by atoms with Crippen LogP contribution >= 0.6 is 8.18 Å². The van der Waals surface area contributed by atoms with Crippen LogP contribution in [0.15, 0.2) is 0 Å². The Hall–Kier alpha value is -0.550. The number of carbonyl (C=O) groups excluding carboxylic acids is 1. The molecule has 1 amide bonds. The normalized spacial score (nSPS) is 24.7. The average Bonchev–Trinajstić information content (AvgIpc) is 2.43. The molecular formula is C10H20N2O4P+. The predicted molar refractivity (Wildman–Crippen MR) is 62.7 cm³/mol. The van der Waals surface area contributed by atoms with E-state index in [2.05, 4.69) is 13.8 Å². The lowest BCUT2D eigenvalue weighted by molar-refractivity contribution is -0.129. The van der Waals surface area contributed by atoms with Crippen molar-refractivity contribution in [3.8, 4) is 0 Å². The van der Waals surface area contributed by atoms with Gasteiger partial charge in [0.1, 0.15) is 13.2 Å². The summed E-state index contributed by atoms with van der Waals surface area (Å²) in [6.45, 7) is 4.54. The van der Waals surface area contributed by atoms with Crippen molar-refractivity contribution in [2.24, 2.45) is 5.92 Å². The van der Waals surface area contributed by atoms with Crippen LogP contribution in [0.3, 0.4) is 0 Å².